The summed E-state index contributed by atoms with van der Waals surface area (Å²) >= 11 is 5.45. The second-order valence-electron chi connectivity index (χ2n) is 14.2. The molecule has 6 heteroatoms. The smallest absolute Gasteiger partial charge is 0.101 e. The van der Waals surface area contributed by atoms with E-state index in [9.17, 15) is 0 Å². The Labute approximate surface area is 363 Å². The van der Waals surface area contributed by atoms with Crippen molar-refractivity contribution in [2.45, 2.75) is 0 Å². The van der Waals surface area contributed by atoms with Gasteiger partial charge in [-0.2, -0.15) is 0 Å². The third-order valence-electron chi connectivity index (χ3n) is 10.3. The Hall–Kier alpha value is -6.96. The van der Waals surface area contributed by atoms with Crippen LogP contribution in [0.15, 0.2) is 237 Å². The van der Waals surface area contributed by atoms with E-state index in [1.54, 1.807) is 0 Å². The van der Waals surface area contributed by atoms with Crippen molar-refractivity contribution in [3.05, 3.63) is 237 Å². The van der Waals surface area contributed by atoms with Gasteiger partial charge in [0.1, 0.15) is 15.0 Å². The summed E-state index contributed by atoms with van der Waals surface area (Å²) in [6.45, 7) is 0. The van der Waals surface area contributed by atoms with Crippen LogP contribution >= 0.6 is 34.0 Å². The number of para-hydroxylation sites is 6. The van der Waals surface area contributed by atoms with Gasteiger partial charge in [0.25, 0.3) is 0 Å². The molecule has 7 aromatic carbocycles. The fourth-order valence-electron chi connectivity index (χ4n) is 7.54. The molecule has 3 heterocycles. The third-order valence-corrected chi connectivity index (χ3v) is 13.7. The number of hydrogen-bond acceptors (Lipinski definition) is 6. The fraction of sp³-hybridized carbons (Fsp3) is 0. The highest BCUT2D eigenvalue weighted by Gasteiger charge is 2.20. The number of benzene rings is 7. The van der Waals surface area contributed by atoms with Crippen LogP contribution in [0.5, 0.6) is 0 Å². The van der Waals surface area contributed by atoms with Crippen LogP contribution in [-0.4, -0.2) is 0 Å². The second-order valence-corrected chi connectivity index (χ2v) is 17.4. The lowest BCUT2D eigenvalue weighted by Crippen LogP contribution is -2.07. The number of rotatable bonds is 12. The van der Waals surface area contributed by atoms with Gasteiger partial charge >= 0.3 is 0 Å². The topological polar surface area (TPSA) is 9.72 Å². The average Bonchev–Trinajstić information content (AvgIpc) is 4.12. The van der Waals surface area contributed by atoms with Crippen LogP contribution in [-0.2, 0) is 0 Å². The van der Waals surface area contributed by atoms with E-state index in [0.717, 1.165) is 49.1 Å². The highest BCUT2D eigenvalue weighted by Crippen LogP contribution is 2.48. The van der Waals surface area contributed by atoms with Gasteiger partial charge < -0.3 is 14.7 Å². The molecule has 288 valence electrons. The summed E-state index contributed by atoms with van der Waals surface area (Å²) in [4.78, 5) is 10.7. The molecule has 0 N–H and O–H groups in total. The molecular weight excluding hydrogens is 787 g/mol. The molecule has 0 bridgehead atoms. The van der Waals surface area contributed by atoms with Gasteiger partial charge in [0, 0.05) is 48.8 Å². The molecule has 3 aromatic heterocycles. The number of hydrogen-bond donors (Lipinski definition) is 0. The minimum absolute atomic E-state index is 1.13. The predicted molar refractivity (Wildman–Crippen MR) is 260 cm³/mol. The van der Waals surface area contributed by atoms with Gasteiger partial charge in [0.15, 0.2) is 0 Å². The van der Waals surface area contributed by atoms with E-state index in [2.05, 4.69) is 251 Å². The van der Waals surface area contributed by atoms with Crippen molar-refractivity contribution >= 4 is 83.1 Å². The second kappa shape index (κ2) is 17.1. The zero-order chi connectivity index (χ0) is 40.1. The maximum absolute atomic E-state index is 2.37. The first kappa shape index (κ1) is 37.3. The van der Waals surface area contributed by atoms with Crippen molar-refractivity contribution < 1.29 is 0 Å². The SMILES string of the molecule is c1ccc(N(c2ccccc2)c2ccc(-c3cc(-c4ccc(N(c5ccccc5)c5ccccc5)s4)cc(-c4ccc(N(c5ccccc5)c5ccccc5)s4)c3)s2)cc1. The lowest BCUT2D eigenvalue weighted by Gasteiger charge is -2.23. The summed E-state index contributed by atoms with van der Waals surface area (Å²) in [5, 5.41) is 3.48. The molecule has 0 aliphatic rings. The molecule has 0 aliphatic heterocycles. The molecule has 0 saturated heterocycles. The number of thiophene rings is 3. The van der Waals surface area contributed by atoms with Crippen molar-refractivity contribution in [1.82, 2.24) is 0 Å². The van der Waals surface area contributed by atoms with E-state index in [1.165, 1.54) is 31.3 Å². The van der Waals surface area contributed by atoms with Gasteiger partial charge in [-0.15, -0.1) is 34.0 Å². The van der Waals surface area contributed by atoms with Crippen LogP contribution in [0.25, 0.3) is 31.3 Å². The minimum Gasteiger partial charge on any atom is -0.302 e. The maximum Gasteiger partial charge on any atom is 0.101 e. The molecule has 0 atom stereocenters. The Bertz CT molecular complexity index is 2470. The van der Waals surface area contributed by atoms with Crippen LogP contribution in [0.2, 0.25) is 0 Å². The first-order valence-corrected chi connectivity index (χ1v) is 22.4. The molecule has 0 saturated carbocycles. The van der Waals surface area contributed by atoms with E-state index in [1.807, 2.05) is 34.0 Å². The summed E-state index contributed by atoms with van der Waals surface area (Å²) in [5.74, 6) is 0. The van der Waals surface area contributed by atoms with Crippen LogP contribution in [0.4, 0.5) is 49.1 Å². The summed E-state index contributed by atoms with van der Waals surface area (Å²) in [6, 6.07) is 84.5. The molecule has 0 amide bonds. The van der Waals surface area contributed by atoms with E-state index in [4.69, 9.17) is 0 Å². The van der Waals surface area contributed by atoms with Crippen molar-refractivity contribution in [1.29, 1.82) is 0 Å². The van der Waals surface area contributed by atoms with Crippen LogP contribution in [0.1, 0.15) is 0 Å². The van der Waals surface area contributed by atoms with Crippen molar-refractivity contribution in [3.8, 4) is 31.3 Å². The van der Waals surface area contributed by atoms with Crippen molar-refractivity contribution in [2.75, 3.05) is 14.7 Å². The molecule has 10 aromatic rings. The predicted octanol–water partition coefficient (Wildman–Crippen LogP) is 17.3. The van der Waals surface area contributed by atoms with Gasteiger partial charge in [-0.1, -0.05) is 109 Å². The monoisotopic (exact) mass is 825 g/mol. The maximum atomic E-state index is 2.37. The molecule has 0 spiro atoms. The van der Waals surface area contributed by atoms with Gasteiger partial charge in [-0.05, 0) is 144 Å². The van der Waals surface area contributed by atoms with Gasteiger partial charge in [-0.3, -0.25) is 0 Å². The van der Waals surface area contributed by atoms with Gasteiger partial charge in [0.2, 0.25) is 0 Å². The third kappa shape index (κ3) is 7.80. The molecule has 10 rings (SSSR count). The highest BCUT2D eigenvalue weighted by molar-refractivity contribution is 7.20. The summed E-state index contributed by atoms with van der Waals surface area (Å²) < 4.78 is 0. The van der Waals surface area contributed by atoms with Gasteiger partial charge in [0.05, 0.1) is 0 Å². The van der Waals surface area contributed by atoms with E-state index in [0.29, 0.717) is 0 Å². The molecule has 0 aliphatic carbocycles. The standard InChI is InChI=1S/C54H39N3S3/c1-7-19-43(20-8-1)55(44-21-9-2-10-22-44)52-34-31-49(58-52)40-37-41(50-32-35-53(59-50)56(45-23-11-3-12-24-45)46-25-13-4-14-26-46)39-42(38-40)51-33-36-54(60-51)57(47-27-15-5-16-28-47)48-29-17-6-18-30-48/h1-39H. The number of anilines is 9. The first-order valence-electron chi connectivity index (χ1n) is 19.9. The Morgan fingerprint density at radius 3 is 0.617 bits per heavy atom. The average molecular weight is 826 g/mol. The lowest BCUT2D eigenvalue weighted by atomic mass is 10.0. The molecule has 0 unspecified atom stereocenters. The molecule has 0 radical (unpaired) electrons. The normalized spacial score (nSPS) is 11.0. The van der Waals surface area contributed by atoms with Crippen LogP contribution in [0.3, 0.4) is 0 Å². The zero-order valence-electron chi connectivity index (χ0n) is 32.6. The molecule has 60 heavy (non-hydrogen) atoms. The quantitative estimate of drug-likeness (QED) is 0.121. The summed E-state index contributed by atoms with van der Waals surface area (Å²) in [6.07, 6.45) is 0. The number of nitrogens with zero attached hydrogens (tertiary/aromatic N) is 3. The van der Waals surface area contributed by atoms with E-state index in [-0.39, 0.29) is 0 Å². The van der Waals surface area contributed by atoms with Crippen LogP contribution < -0.4 is 14.7 Å². The lowest BCUT2D eigenvalue weighted by molar-refractivity contribution is 1.32. The Morgan fingerprint density at radius 1 is 0.217 bits per heavy atom. The summed E-state index contributed by atoms with van der Waals surface area (Å²) in [7, 11) is 0. The summed E-state index contributed by atoms with van der Waals surface area (Å²) in [5.41, 5.74) is 10.4. The molecular formula is C54H39N3S3. The fourth-order valence-corrected chi connectivity index (χ4v) is 10.6. The van der Waals surface area contributed by atoms with E-state index >= 15 is 0 Å². The van der Waals surface area contributed by atoms with Crippen molar-refractivity contribution in [2.24, 2.45) is 0 Å². The highest BCUT2D eigenvalue weighted by atomic mass is 32.1. The Kier molecular flexibility index (Phi) is 10.6. The molecule has 3 nitrogen and oxygen atoms in total. The first-order chi connectivity index (χ1) is 29.7. The van der Waals surface area contributed by atoms with Gasteiger partial charge in [-0.25, -0.2) is 0 Å². The van der Waals surface area contributed by atoms with E-state index < -0.39 is 0 Å². The van der Waals surface area contributed by atoms with Crippen molar-refractivity contribution in [3.63, 3.8) is 0 Å². The zero-order valence-corrected chi connectivity index (χ0v) is 35.0. The minimum atomic E-state index is 1.13. The largest absolute Gasteiger partial charge is 0.302 e. The molecule has 0 fully saturated rings. The Morgan fingerprint density at radius 2 is 0.417 bits per heavy atom. The van der Waals surface area contributed by atoms with Crippen LogP contribution in [0, 0.1) is 0 Å². The Balaban J connectivity index is 1.09.